The first kappa shape index (κ1) is 15.8. The number of hydrogen-bond acceptors (Lipinski definition) is 5. The molecule has 0 saturated heterocycles. The predicted molar refractivity (Wildman–Crippen MR) is 64.6 cm³/mol. The summed E-state index contributed by atoms with van der Waals surface area (Å²) in [6.07, 6.45) is -1.63. The average molecular weight is 312 g/mol. The number of esters is 1. The lowest BCUT2D eigenvalue weighted by Crippen LogP contribution is -2.37. The topological polar surface area (TPSA) is 92.7 Å². The van der Waals surface area contributed by atoms with E-state index >= 15 is 0 Å². The zero-order valence-electron chi connectivity index (χ0n) is 9.76. The summed E-state index contributed by atoms with van der Waals surface area (Å²) in [5, 5.41) is 8.89. The highest BCUT2D eigenvalue weighted by molar-refractivity contribution is 7.89. The Morgan fingerprint density at radius 3 is 2.74 bits per heavy atom. The van der Waals surface area contributed by atoms with Crippen molar-refractivity contribution in [2.75, 3.05) is 13.7 Å². The predicted octanol–water partition coefficient (Wildman–Crippen LogP) is 0.291. The molecule has 0 heterocycles. The van der Waals surface area contributed by atoms with Crippen LogP contribution in [-0.4, -0.2) is 39.3 Å². The standard InChI is InChI=1S/C10H11ClFNO5S/c1-18-10(15)9(14)5-13-19(16,17)6-2-3-8(12)7(11)4-6/h2-4,9,13-14H,5H2,1H3. The van der Waals surface area contributed by atoms with Gasteiger partial charge in [0.05, 0.1) is 17.0 Å². The third-order valence-corrected chi connectivity index (χ3v) is 3.85. The van der Waals surface area contributed by atoms with Crippen LogP contribution in [-0.2, 0) is 19.6 Å². The molecule has 0 aromatic heterocycles. The van der Waals surface area contributed by atoms with Crippen LogP contribution in [0.1, 0.15) is 0 Å². The second-order valence-electron chi connectivity index (χ2n) is 3.47. The number of halogens is 2. The SMILES string of the molecule is COC(=O)C(O)CNS(=O)(=O)c1ccc(F)c(Cl)c1. The van der Waals surface area contributed by atoms with Gasteiger partial charge in [0.15, 0.2) is 6.10 Å². The molecule has 0 radical (unpaired) electrons. The van der Waals surface area contributed by atoms with E-state index in [2.05, 4.69) is 4.74 Å². The van der Waals surface area contributed by atoms with Crippen LogP contribution in [0.5, 0.6) is 0 Å². The fourth-order valence-electron chi connectivity index (χ4n) is 1.14. The fraction of sp³-hybridized carbons (Fsp3) is 0.300. The molecular formula is C10H11ClFNO5S. The molecule has 1 aromatic rings. The highest BCUT2D eigenvalue weighted by atomic mass is 35.5. The molecule has 0 saturated carbocycles. The zero-order valence-corrected chi connectivity index (χ0v) is 11.3. The number of benzene rings is 1. The average Bonchev–Trinajstić information content (AvgIpc) is 2.38. The molecule has 0 amide bonds. The van der Waals surface area contributed by atoms with Crippen LogP contribution in [0.3, 0.4) is 0 Å². The molecule has 0 bridgehead atoms. The molecule has 1 atom stereocenters. The Labute approximate surface area is 114 Å². The molecule has 2 N–H and O–H groups in total. The lowest BCUT2D eigenvalue weighted by molar-refractivity contribution is -0.149. The zero-order chi connectivity index (χ0) is 14.6. The van der Waals surface area contributed by atoms with E-state index in [1.165, 1.54) is 0 Å². The van der Waals surface area contributed by atoms with Crippen molar-refractivity contribution in [1.29, 1.82) is 0 Å². The van der Waals surface area contributed by atoms with E-state index in [1.54, 1.807) is 0 Å². The van der Waals surface area contributed by atoms with Gasteiger partial charge >= 0.3 is 5.97 Å². The molecule has 19 heavy (non-hydrogen) atoms. The second kappa shape index (κ2) is 6.29. The van der Waals surface area contributed by atoms with Gasteiger partial charge in [-0.1, -0.05) is 11.6 Å². The Morgan fingerprint density at radius 2 is 2.21 bits per heavy atom. The van der Waals surface area contributed by atoms with Crippen LogP contribution in [0.25, 0.3) is 0 Å². The van der Waals surface area contributed by atoms with E-state index in [0.29, 0.717) is 0 Å². The number of hydrogen-bond donors (Lipinski definition) is 2. The van der Waals surface area contributed by atoms with Crippen molar-refractivity contribution >= 4 is 27.6 Å². The Kier molecular flexibility index (Phi) is 5.24. The van der Waals surface area contributed by atoms with Crippen LogP contribution in [0.15, 0.2) is 23.1 Å². The normalized spacial score (nSPS) is 13.1. The van der Waals surface area contributed by atoms with E-state index in [4.69, 9.17) is 11.6 Å². The molecule has 1 unspecified atom stereocenters. The van der Waals surface area contributed by atoms with Gasteiger partial charge in [-0.25, -0.2) is 22.3 Å². The smallest absolute Gasteiger partial charge is 0.336 e. The maximum absolute atomic E-state index is 12.9. The van der Waals surface area contributed by atoms with Crippen molar-refractivity contribution in [3.05, 3.63) is 29.0 Å². The number of carbonyl (C=O) groups excluding carboxylic acids is 1. The van der Waals surface area contributed by atoms with E-state index in [9.17, 15) is 22.7 Å². The number of ether oxygens (including phenoxy) is 1. The molecule has 1 rings (SSSR count). The third-order valence-electron chi connectivity index (χ3n) is 2.14. The van der Waals surface area contributed by atoms with Gasteiger partial charge < -0.3 is 9.84 Å². The molecule has 1 aromatic carbocycles. The van der Waals surface area contributed by atoms with Crippen LogP contribution in [0.2, 0.25) is 5.02 Å². The third kappa shape index (κ3) is 4.13. The molecular weight excluding hydrogens is 301 g/mol. The van der Waals surface area contributed by atoms with Crippen molar-refractivity contribution in [2.24, 2.45) is 0 Å². The number of carbonyl (C=O) groups is 1. The Balaban J connectivity index is 2.81. The summed E-state index contributed by atoms with van der Waals surface area (Å²) in [5.74, 6) is -1.73. The number of aliphatic hydroxyl groups is 1. The maximum atomic E-state index is 12.9. The first-order valence-corrected chi connectivity index (χ1v) is 6.84. The number of nitrogens with one attached hydrogen (secondary N) is 1. The van der Waals surface area contributed by atoms with E-state index in [1.807, 2.05) is 4.72 Å². The first-order valence-electron chi connectivity index (χ1n) is 4.98. The lowest BCUT2D eigenvalue weighted by atomic mass is 10.3. The molecule has 0 aliphatic heterocycles. The maximum Gasteiger partial charge on any atom is 0.336 e. The minimum absolute atomic E-state index is 0.282. The Hall–Kier alpha value is -1.22. The first-order chi connectivity index (χ1) is 8.77. The highest BCUT2D eigenvalue weighted by Crippen LogP contribution is 2.19. The molecule has 0 spiro atoms. The molecule has 0 fully saturated rings. The second-order valence-corrected chi connectivity index (χ2v) is 5.64. The van der Waals surface area contributed by atoms with Gasteiger partial charge in [-0.05, 0) is 18.2 Å². The summed E-state index contributed by atoms with van der Waals surface area (Å²) in [7, 11) is -2.95. The monoisotopic (exact) mass is 311 g/mol. The van der Waals surface area contributed by atoms with Gasteiger partial charge in [-0.3, -0.25) is 0 Å². The van der Waals surface area contributed by atoms with Gasteiger partial charge in [0.1, 0.15) is 5.82 Å². The number of rotatable bonds is 5. The van der Waals surface area contributed by atoms with Crippen LogP contribution < -0.4 is 4.72 Å². The number of aliphatic hydroxyl groups excluding tert-OH is 1. The van der Waals surface area contributed by atoms with Gasteiger partial charge in [-0.2, -0.15) is 0 Å². The van der Waals surface area contributed by atoms with Crippen LogP contribution in [0, 0.1) is 5.82 Å². The van der Waals surface area contributed by atoms with Crippen LogP contribution in [0.4, 0.5) is 4.39 Å². The summed E-state index contributed by atoms with van der Waals surface area (Å²) in [5.41, 5.74) is 0. The highest BCUT2D eigenvalue weighted by Gasteiger charge is 2.21. The summed E-state index contributed by atoms with van der Waals surface area (Å²) < 4.78 is 42.6. The minimum Gasteiger partial charge on any atom is -0.467 e. The largest absolute Gasteiger partial charge is 0.467 e. The fourth-order valence-corrected chi connectivity index (χ4v) is 2.44. The van der Waals surface area contributed by atoms with Gasteiger partial charge in [0, 0.05) is 6.54 Å². The Morgan fingerprint density at radius 1 is 1.58 bits per heavy atom. The van der Waals surface area contributed by atoms with Crippen molar-refractivity contribution in [1.82, 2.24) is 4.72 Å². The summed E-state index contributed by atoms with van der Waals surface area (Å²) in [4.78, 5) is 10.6. The summed E-state index contributed by atoms with van der Waals surface area (Å²) in [6.45, 7) is -0.565. The lowest BCUT2D eigenvalue weighted by Gasteiger charge is -2.10. The van der Waals surface area contributed by atoms with Gasteiger partial charge in [0.25, 0.3) is 0 Å². The molecule has 6 nitrogen and oxygen atoms in total. The molecule has 106 valence electrons. The van der Waals surface area contributed by atoms with Crippen LogP contribution >= 0.6 is 11.6 Å². The van der Waals surface area contributed by atoms with Crippen molar-refractivity contribution in [2.45, 2.75) is 11.0 Å². The molecule has 0 aliphatic rings. The summed E-state index contributed by atoms with van der Waals surface area (Å²) in [6, 6.07) is 2.82. The van der Waals surface area contributed by atoms with E-state index < -0.39 is 34.5 Å². The van der Waals surface area contributed by atoms with E-state index in [-0.39, 0.29) is 9.92 Å². The molecule has 9 heteroatoms. The molecule has 0 aliphatic carbocycles. The van der Waals surface area contributed by atoms with E-state index in [0.717, 1.165) is 25.3 Å². The number of sulfonamides is 1. The summed E-state index contributed by atoms with van der Waals surface area (Å²) >= 11 is 5.46. The number of methoxy groups -OCH3 is 1. The minimum atomic E-state index is -4.01. The van der Waals surface area contributed by atoms with Crippen molar-refractivity contribution in [3.8, 4) is 0 Å². The quantitative estimate of drug-likeness (QED) is 0.763. The van der Waals surface area contributed by atoms with Crippen molar-refractivity contribution < 1.29 is 27.4 Å². The van der Waals surface area contributed by atoms with Crippen molar-refractivity contribution in [3.63, 3.8) is 0 Å². The van der Waals surface area contributed by atoms with Gasteiger partial charge in [-0.15, -0.1) is 0 Å². The Bertz CT molecular complexity index is 577. The van der Waals surface area contributed by atoms with Gasteiger partial charge in [0.2, 0.25) is 10.0 Å².